The molecule has 0 aliphatic carbocycles. The van der Waals surface area contributed by atoms with Crippen LogP contribution in [0.3, 0.4) is 0 Å². The largest absolute Gasteiger partial charge is 0.480 e. The molecule has 0 aliphatic rings. The van der Waals surface area contributed by atoms with E-state index in [4.69, 9.17) is 4.74 Å². The van der Waals surface area contributed by atoms with Gasteiger partial charge in [0.25, 0.3) is 15.6 Å². The van der Waals surface area contributed by atoms with Gasteiger partial charge in [0.2, 0.25) is 5.88 Å². The van der Waals surface area contributed by atoms with Gasteiger partial charge >= 0.3 is 0 Å². The van der Waals surface area contributed by atoms with Gasteiger partial charge in [-0.15, -0.1) is 9.24 Å². The van der Waals surface area contributed by atoms with Crippen molar-refractivity contribution in [2.45, 2.75) is 11.8 Å². The lowest BCUT2D eigenvalue weighted by Gasteiger charge is -2.14. The number of pyridine rings is 2. The normalized spacial score (nSPS) is 11.5. The van der Waals surface area contributed by atoms with Crippen molar-refractivity contribution in [1.82, 2.24) is 14.4 Å². The van der Waals surface area contributed by atoms with E-state index in [9.17, 15) is 17.6 Å². The number of methoxy groups -OCH3 is 1. The van der Waals surface area contributed by atoms with Crippen LogP contribution in [0, 0.1) is 12.7 Å². The van der Waals surface area contributed by atoms with Crippen molar-refractivity contribution in [3.05, 3.63) is 76.7 Å². The molecule has 3 heterocycles. The topological polar surface area (TPSA) is 103 Å². The molecule has 4 rings (SSSR count). The molecule has 0 amide bonds. The quantitative estimate of drug-likeness (QED) is 0.448. The molecule has 164 valence electrons. The Morgan fingerprint density at radius 1 is 1.09 bits per heavy atom. The van der Waals surface area contributed by atoms with Gasteiger partial charge < -0.3 is 4.74 Å². The third-order valence-corrected chi connectivity index (χ3v) is 6.88. The second-order valence-electron chi connectivity index (χ2n) is 6.96. The molecule has 1 N–H and O–H groups in total. The minimum absolute atomic E-state index is 0.0558. The molecule has 8 nitrogen and oxygen atoms in total. The van der Waals surface area contributed by atoms with Crippen LogP contribution in [-0.2, 0) is 10.0 Å². The highest BCUT2D eigenvalue weighted by atomic mass is 32.2. The lowest BCUT2D eigenvalue weighted by molar-refractivity contribution is 0.400. The predicted octanol–water partition coefficient (Wildman–Crippen LogP) is 2.51. The highest BCUT2D eigenvalue weighted by Crippen LogP contribution is 2.30. The van der Waals surface area contributed by atoms with E-state index in [-0.39, 0.29) is 27.3 Å². The Balaban J connectivity index is 1.79. The first-order valence-electron chi connectivity index (χ1n) is 9.30. The van der Waals surface area contributed by atoms with Crippen LogP contribution in [0.2, 0.25) is 0 Å². The molecule has 3 aromatic heterocycles. The molecule has 1 aromatic carbocycles. The van der Waals surface area contributed by atoms with Crippen LogP contribution in [0.25, 0.3) is 16.8 Å². The first-order chi connectivity index (χ1) is 15.2. The summed E-state index contributed by atoms with van der Waals surface area (Å²) in [5.74, 6) is -0.494. The predicted molar refractivity (Wildman–Crippen MR) is 123 cm³/mol. The number of nitrogens with one attached hydrogen (secondary N) is 1. The number of aromatic nitrogens is 3. The van der Waals surface area contributed by atoms with Crippen LogP contribution < -0.4 is 20.3 Å². The molecule has 0 saturated carbocycles. The van der Waals surface area contributed by atoms with E-state index >= 15 is 0 Å². The summed E-state index contributed by atoms with van der Waals surface area (Å²) in [5, 5.41) is 0.178. The van der Waals surface area contributed by atoms with E-state index in [2.05, 4.69) is 23.9 Å². The number of fused-ring (bicyclic) bond motifs is 1. The Bertz CT molecular complexity index is 1520. The second kappa shape index (κ2) is 8.29. The molecule has 0 radical (unpaired) electrons. The number of hydrogen-bond acceptors (Lipinski definition) is 6. The van der Waals surface area contributed by atoms with Crippen LogP contribution in [-0.4, -0.2) is 29.9 Å². The Labute approximate surface area is 185 Å². The molecular formula is C21H18FN4O4PS. The molecule has 0 bridgehead atoms. The Hall–Kier alpha value is -3.36. The van der Waals surface area contributed by atoms with E-state index in [0.29, 0.717) is 22.3 Å². The monoisotopic (exact) mass is 472 g/mol. The van der Waals surface area contributed by atoms with Crippen LogP contribution >= 0.6 is 9.24 Å². The number of rotatable bonds is 5. The number of halogens is 1. The summed E-state index contributed by atoms with van der Waals surface area (Å²) in [4.78, 5) is 20.8. The van der Waals surface area contributed by atoms with Gasteiger partial charge in [-0.05, 0) is 48.6 Å². The highest BCUT2D eigenvalue weighted by molar-refractivity contribution is 7.93. The van der Waals surface area contributed by atoms with Crippen molar-refractivity contribution in [2.24, 2.45) is 0 Å². The summed E-state index contributed by atoms with van der Waals surface area (Å²) in [6.45, 7) is 1.67. The second-order valence-corrected chi connectivity index (χ2v) is 9.23. The maximum Gasteiger partial charge on any atom is 0.262 e. The zero-order valence-corrected chi connectivity index (χ0v) is 19.0. The molecule has 32 heavy (non-hydrogen) atoms. The van der Waals surface area contributed by atoms with Gasteiger partial charge in [0.05, 0.1) is 12.0 Å². The third-order valence-electron chi connectivity index (χ3n) is 4.76. The van der Waals surface area contributed by atoms with E-state index in [1.807, 2.05) is 0 Å². The van der Waals surface area contributed by atoms with Crippen molar-refractivity contribution in [3.8, 4) is 17.0 Å². The molecular weight excluding hydrogens is 454 g/mol. The lowest BCUT2D eigenvalue weighted by atomic mass is 10.1. The molecule has 1 atom stereocenters. The van der Waals surface area contributed by atoms with E-state index in [1.165, 1.54) is 30.0 Å². The van der Waals surface area contributed by atoms with Crippen LogP contribution in [0.15, 0.2) is 64.7 Å². The van der Waals surface area contributed by atoms with Gasteiger partial charge in [-0.2, -0.15) is 0 Å². The lowest BCUT2D eigenvalue weighted by Crippen LogP contribution is -2.19. The zero-order chi connectivity index (χ0) is 23.0. The van der Waals surface area contributed by atoms with Gasteiger partial charge in [0.1, 0.15) is 17.2 Å². The van der Waals surface area contributed by atoms with Gasteiger partial charge in [-0.3, -0.25) is 13.9 Å². The van der Waals surface area contributed by atoms with Crippen molar-refractivity contribution in [1.29, 1.82) is 0 Å². The maximum absolute atomic E-state index is 13.4. The van der Waals surface area contributed by atoms with Gasteiger partial charge in [-0.25, -0.2) is 22.8 Å². The average molecular weight is 472 g/mol. The standard InChI is InChI=1S/C21H18FN4O4PS/c1-12-9-23-19-6-3-13(11-26(19)21(12)27)14-7-16(20(30-2)24-10-14)25-32(28,29)18-5-4-15(22)8-17(18)31/h3-11,25H,31H2,1-2H3. The summed E-state index contributed by atoms with van der Waals surface area (Å²) in [5.41, 5.74) is 2.03. The number of aryl methyl sites for hydroxylation is 1. The smallest absolute Gasteiger partial charge is 0.262 e. The fourth-order valence-electron chi connectivity index (χ4n) is 3.15. The van der Waals surface area contributed by atoms with Crippen LogP contribution in [0.5, 0.6) is 5.88 Å². The minimum atomic E-state index is -4.06. The maximum atomic E-state index is 13.4. The van der Waals surface area contributed by atoms with Crippen LogP contribution in [0.1, 0.15) is 5.56 Å². The highest BCUT2D eigenvalue weighted by Gasteiger charge is 2.20. The van der Waals surface area contributed by atoms with E-state index < -0.39 is 15.8 Å². The summed E-state index contributed by atoms with van der Waals surface area (Å²) < 4.78 is 48.3. The summed E-state index contributed by atoms with van der Waals surface area (Å²) in [7, 11) is -0.495. The van der Waals surface area contributed by atoms with Crippen molar-refractivity contribution in [3.63, 3.8) is 0 Å². The average Bonchev–Trinajstić information content (AvgIpc) is 2.75. The van der Waals surface area contributed by atoms with Gasteiger partial charge in [0.15, 0.2) is 0 Å². The molecule has 0 aliphatic heterocycles. The Kier molecular flexibility index (Phi) is 5.66. The van der Waals surface area contributed by atoms with Crippen molar-refractivity contribution >= 4 is 35.9 Å². The van der Waals surface area contributed by atoms with Gasteiger partial charge in [-0.1, -0.05) is 0 Å². The first kappa shape index (κ1) is 21.9. The first-order valence-corrected chi connectivity index (χ1v) is 11.4. The Morgan fingerprint density at radius 3 is 2.59 bits per heavy atom. The molecule has 0 spiro atoms. The number of nitrogens with zero attached hydrogens (tertiary/aromatic N) is 3. The van der Waals surface area contributed by atoms with Crippen molar-refractivity contribution < 1.29 is 17.5 Å². The van der Waals surface area contributed by atoms with E-state index in [1.54, 1.807) is 31.3 Å². The Morgan fingerprint density at radius 2 is 1.88 bits per heavy atom. The van der Waals surface area contributed by atoms with Gasteiger partial charge in [0, 0.05) is 35.3 Å². The number of hydrogen-bond donors (Lipinski definition) is 1. The fourth-order valence-corrected chi connectivity index (χ4v) is 5.03. The number of anilines is 1. The molecule has 0 saturated heterocycles. The van der Waals surface area contributed by atoms with Crippen molar-refractivity contribution in [2.75, 3.05) is 11.8 Å². The molecule has 0 fully saturated rings. The molecule has 11 heteroatoms. The molecule has 1 unspecified atom stereocenters. The number of sulfonamides is 1. The minimum Gasteiger partial charge on any atom is -0.480 e. The number of benzene rings is 1. The third kappa shape index (κ3) is 4.06. The SMILES string of the molecule is COc1ncc(-c2ccc3ncc(C)c(=O)n3c2)cc1NS(=O)(=O)c1ccc(F)cc1P. The zero-order valence-electron chi connectivity index (χ0n) is 17.0. The molecule has 4 aromatic rings. The van der Waals surface area contributed by atoms with Crippen LogP contribution in [0.4, 0.5) is 10.1 Å². The fraction of sp³-hybridized carbons (Fsp3) is 0.0952. The number of ether oxygens (including phenoxy) is 1. The summed E-state index contributed by atoms with van der Waals surface area (Å²) >= 11 is 0. The summed E-state index contributed by atoms with van der Waals surface area (Å²) in [6, 6.07) is 8.33. The summed E-state index contributed by atoms with van der Waals surface area (Å²) in [6.07, 6.45) is 4.63. The van der Waals surface area contributed by atoms with E-state index in [0.717, 1.165) is 12.1 Å².